The Morgan fingerprint density at radius 1 is 1.67 bits per heavy atom. The van der Waals surface area contributed by atoms with E-state index in [1.165, 1.54) is 0 Å². The van der Waals surface area contributed by atoms with Crippen molar-refractivity contribution in [1.29, 1.82) is 0 Å². The molecule has 5 heteroatoms. The van der Waals surface area contributed by atoms with Gasteiger partial charge in [0.25, 0.3) is 0 Å². The molecule has 1 aliphatic heterocycles. The van der Waals surface area contributed by atoms with Crippen LogP contribution < -0.4 is 16.9 Å². The number of ether oxygens (including phenoxy) is 1. The van der Waals surface area contributed by atoms with Crippen LogP contribution >= 0.6 is 0 Å². The summed E-state index contributed by atoms with van der Waals surface area (Å²) in [5.41, 5.74) is 13.7. The third-order valence-corrected chi connectivity index (χ3v) is 1.85. The molecule has 0 radical (unpaired) electrons. The molecule has 0 saturated carbocycles. The molecular weight excluding hydrogens is 156 g/mol. The Balaban J connectivity index is 2.49. The molecule has 0 amide bonds. The zero-order chi connectivity index (χ0) is 8.97. The largest absolute Gasteiger partial charge is 0.384 e. The first-order chi connectivity index (χ1) is 5.74. The topological polar surface area (TPSA) is 76.5 Å². The molecule has 1 heterocycles. The fraction of sp³-hybridized carbons (Fsp3) is 0.714. The molecule has 5 nitrogen and oxygen atoms in total. The highest BCUT2D eigenvalue weighted by Crippen LogP contribution is 2.10. The highest BCUT2D eigenvalue weighted by molar-refractivity contribution is 4.91. The van der Waals surface area contributed by atoms with Gasteiger partial charge in [-0.2, -0.15) is 0 Å². The lowest BCUT2D eigenvalue weighted by molar-refractivity contribution is 0.149. The Hall–Kier alpha value is -0.940. The molecule has 1 saturated heterocycles. The van der Waals surface area contributed by atoms with E-state index < -0.39 is 0 Å². The summed E-state index contributed by atoms with van der Waals surface area (Å²) in [6.07, 6.45) is 2.68. The minimum Gasteiger partial charge on any atom is -0.384 e. The van der Waals surface area contributed by atoms with Crippen LogP contribution in [0.15, 0.2) is 12.0 Å². The van der Waals surface area contributed by atoms with E-state index in [9.17, 15) is 0 Å². The third-order valence-electron chi connectivity index (χ3n) is 1.85. The van der Waals surface area contributed by atoms with Gasteiger partial charge in [0.1, 0.15) is 5.82 Å². The average molecular weight is 172 g/mol. The Bertz CT molecular complexity index is 161. The highest BCUT2D eigenvalue weighted by Gasteiger charge is 2.20. The third kappa shape index (κ3) is 2.28. The second-order valence-electron chi connectivity index (χ2n) is 2.78. The first-order valence-electron chi connectivity index (χ1n) is 4.00. The lowest BCUT2D eigenvalue weighted by atomic mass is 10.2. The summed E-state index contributed by atoms with van der Waals surface area (Å²) in [5, 5.41) is 1.88. The van der Waals surface area contributed by atoms with Crippen molar-refractivity contribution in [2.24, 2.45) is 11.5 Å². The maximum atomic E-state index is 5.35. The lowest BCUT2D eigenvalue weighted by Crippen LogP contribution is -2.41. The van der Waals surface area contributed by atoms with Crippen molar-refractivity contribution >= 4 is 0 Å². The van der Waals surface area contributed by atoms with E-state index in [4.69, 9.17) is 16.2 Å². The van der Waals surface area contributed by atoms with E-state index >= 15 is 0 Å². The predicted molar refractivity (Wildman–Crippen MR) is 46.6 cm³/mol. The number of hydrazine groups is 1. The van der Waals surface area contributed by atoms with E-state index in [2.05, 4.69) is 5.43 Å². The monoisotopic (exact) mass is 172 g/mol. The number of nitrogens with one attached hydrogen (secondary N) is 1. The summed E-state index contributed by atoms with van der Waals surface area (Å²) in [6.45, 7) is 1.53. The van der Waals surface area contributed by atoms with Gasteiger partial charge in [0, 0.05) is 13.7 Å². The molecule has 0 aliphatic carbocycles. The SMILES string of the molecule is CNN(C=C(N)N)[C@@H]1CCOC1. The Morgan fingerprint density at radius 2 is 2.42 bits per heavy atom. The molecule has 1 aliphatic rings. The van der Waals surface area contributed by atoms with Crippen molar-refractivity contribution in [3.63, 3.8) is 0 Å². The van der Waals surface area contributed by atoms with Crippen LogP contribution in [0, 0.1) is 0 Å². The van der Waals surface area contributed by atoms with Gasteiger partial charge < -0.3 is 21.2 Å². The first-order valence-corrected chi connectivity index (χ1v) is 4.00. The molecule has 0 spiro atoms. The maximum absolute atomic E-state index is 5.35. The zero-order valence-corrected chi connectivity index (χ0v) is 7.29. The zero-order valence-electron chi connectivity index (χ0n) is 7.29. The Kier molecular flexibility index (Phi) is 3.19. The van der Waals surface area contributed by atoms with Crippen molar-refractivity contribution in [3.8, 4) is 0 Å². The molecule has 5 N–H and O–H groups in total. The van der Waals surface area contributed by atoms with Gasteiger partial charge in [0.2, 0.25) is 0 Å². The number of nitrogens with two attached hydrogens (primary N) is 2. The summed E-state index contributed by atoms with van der Waals surface area (Å²) in [5.74, 6) is 0.302. The molecule has 0 aromatic heterocycles. The smallest absolute Gasteiger partial charge is 0.111 e. The van der Waals surface area contributed by atoms with Gasteiger partial charge in [-0.3, -0.25) is 0 Å². The van der Waals surface area contributed by atoms with Gasteiger partial charge in [0.05, 0.1) is 18.8 Å². The fourth-order valence-corrected chi connectivity index (χ4v) is 1.25. The van der Waals surface area contributed by atoms with Crippen LogP contribution in [-0.4, -0.2) is 31.3 Å². The summed E-state index contributed by atoms with van der Waals surface area (Å²) >= 11 is 0. The second-order valence-corrected chi connectivity index (χ2v) is 2.78. The van der Waals surface area contributed by atoms with E-state index in [0.29, 0.717) is 11.9 Å². The van der Waals surface area contributed by atoms with E-state index in [1.807, 2.05) is 12.1 Å². The summed E-state index contributed by atoms with van der Waals surface area (Å²) in [4.78, 5) is 0. The van der Waals surface area contributed by atoms with E-state index in [-0.39, 0.29) is 0 Å². The predicted octanol–water partition coefficient (Wildman–Crippen LogP) is -1.07. The second kappa shape index (κ2) is 4.18. The van der Waals surface area contributed by atoms with Crippen LogP contribution in [-0.2, 0) is 4.74 Å². The van der Waals surface area contributed by atoms with Crippen LogP contribution in [0.2, 0.25) is 0 Å². The average Bonchev–Trinajstić information content (AvgIpc) is 2.51. The van der Waals surface area contributed by atoms with Crippen LogP contribution in [0.4, 0.5) is 0 Å². The molecular formula is C7H16N4O. The standard InChI is InChI=1S/C7H16N4O/c1-10-11(4-7(8)9)6-2-3-12-5-6/h4,6,10H,2-3,5,8-9H2,1H3/t6-/m1/s1. The quantitative estimate of drug-likeness (QED) is 0.472. The number of nitrogens with zero attached hydrogens (tertiary/aromatic N) is 1. The Labute approximate surface area is 72.3 Å². The molecule has 1 fully saturated rings. The van der Waals surface area contributed by atoms with Gasteiger partial charge >= 0.3 is 0 Å². The molecule has 70 valence electrons. The molecule has 1 atom stereocenters. The van der Waals surface area contributed by atoms with Crippen molar-refractivity contribution < 1.29 is 4.74 Å². The number of hydrogen-bond donors (Lipinski definition) is 3. The first kappa shape index (κ1) is 9.15. The van der Waals surface area contributed by atoms with Crippen molar-refractivity contribution in [3.05, 3.63) is 12.0 Å². The number of hydrogen-bond acceptors (Lipinski definition) is 5. The van der Waals surface area contributed by atoms with Crippen molar-refractivity contribution in [2.75, 3.05) is 20.3 Å². The summed E-state index contributed by atoms with van der Waals surface area (Å²) in [6, 6.07) is 0.345. The van der Waals surface area contributed by atoms with Crippen LogP contribution in [0.1, 0.15) is 6.42 Å². The van der Waals surface area contributed by atoms with Crippen molar-refractivity contribution in [2.45, 2.75) is 12.5 Å². The Morgan fingerprint density at radius 3 is 2.83 bits per heavy atom. The van der Waals surface area contributed by atoms with Crippen LogP contribution in [0.25, 0.3) is 0 Å². The minimum atomic E-state index is 0.302. The summed E-state index contributed by atoms with van der Waals surface area (Å²) in [7, 11) is 1.83. The molecule has 0 unspecified atom stereocenters. The maximum Gasteiger partial charge on any atom is 0.111 e. The highest BCUT2D eigenvalue weighted by atomic mass is 16.5. The van der Waals surface area contributed by atoms with Gasteiger partial charge in [-0.05, 0) is 6.42 Å². The van der Waals surface area contributed by atoms with E-state index in [1.54, 1.807) is 6.20 Å². The fourth-order valence-electron chi connectivity index (χ4n) is 1.25. The molecule has 12 heavy (non-hydrogen) atoms. The normalized spacial score (nSPS) is 22.2. The minimum absolute atomic E-state index is 0.302. The molecule has 0 aromatic rings. The summed E-state index contributed by atoms with van der Waals surface area (Å²) < 4.78 is 5.23. The van der Waals surface area contributed by atoms with Crippen LogP contribution in [0.3, 0.4) is 0 Å². The van der Waals surface area contributed by atoms with Gasteiger partial charge in [-0.15, -0.1) is 0 Å². The van der Waals surface area contributed by atoms with E-state index in [0.717, 1.165) is 19.6 Å². The lowest BCUT2D eigenvalue weighted by Gasteiger charge is -2.24. The molecule has 0 aromatic carbocycles. The molecule has 0 bridgehead atoms. The van der Waals surface area contributed by atoms with Gasteiger partial charge in [0.15, 0.2) is 0 Å². The number of rotatable bonds is 3. The van der Waals surface area contributed by atoms with Gasteiger partial charge in [-0.25, -0.2) is 5.43 Å². The van der Waals surface area contributed by atoms with Gasteiger partial charge in [-0.1, -0.05) is 0 Å². The molecule has 1 rings (SSSR count). The van der Waals surface area contributed by atoms with Crippen LogP contribution in [0.5, 0.6) is 0 Å². The van der Waals surface area contributed by atoms with Crippen molar-refractivity contribution in [1.82, 2.24) is 10.4 Å².